The Hall–Kier alpha value is -1.65. The second-order valence-electron chi connectivity index (χ2n) is 6.68. The molecule has 4 unspecified atom stereocenters. The number of rotatable bonds is 2. The number of hydrogen-bond donors (Lipinski definition) is 0. The van der Waals surface area contributed by atoms with Crippen LogP contribution in [0.25, 0.3) is 0 Å². The lowest BCUT2D eigenvalue weighted by molar-refractivity contribution is 0.0941. The van der Waals surface area contributed by atoms with Crippen LogP contribution in [0.3, 0.4) is 0 Å². The third-order valence-electron chi connectivity index (χ3n) is 5.75. The van der Waals surface area contributed by atoms with Crippen molar-refractivity contribution in [2.75, 3.05) is 0 Å². The quantitative estimate of drug-likeness (QED) is 0.740. The monoisotopic (exact) mass is 274 g/mol. The predicted molar refractivity (Wildman–Crippen MR) is 72.6 cm³/mol. The van der Waals surface area contributed by atoms with Crippen molar-refractivity contribution in [2.45, 2.75) is 19.3 Å². The standard InChI is InChI=1S/C15H18N2O3/c1-16-6-9(14(19)17(2)15(16)20)13(18)12-10-7-3-4-8(5-7)11(10)12/h6-8,10-12H,3-5H2,1-2H3. The summed E-state index contributed by atoms with van der Waals surface area (Å²) in [5.41, 5.74) is -0.647. The summed E-state index contributed by atoms with van der Waals surface area (Å²) < 4.78 is 2.35. The number of aryl methyl sites for hydroxylation is 1. The molecular weight excluding hydrogens is 256 g/mol. The maximum Gasteiger partial charge on any atom is 0.330 e. The molecule has 0 spiro atoms. The maximum atomic E-state index is 12.6. The molecule has 0 amide bonds. The first-order valence-corrected chi connectivity index (χ1v) is 7.31. The van der Waals surface area contributed by atoms with E-state index in [9.17, 15) is 14.4 Å². The van der Waals surface area contributed by atoms with Crippen LogP contribution in [0.2, 0.25) is 0 Å². The van der Waals surface area contributed by atoms with Crippen molar-refractivity contribution in [3.05, 3.63) is 32.6 Å². The van der Waals surface area contributed by atoms with Crippen LogP contribution in [0.4, 0.5) is 0 Å². The Balaban J connectivity index is 1.72. The minimum absolute atomic E-state index is 0.0344. The van der Waals surface area contributed by atoms with Crippen LogP contribution in [-0.4, -0.2) is 14.9 Å². The Bertz CT molecular complexity index is 714. The normalized spacial score (nSPS) is 37.0. The molecule has 0 N–H and O–H groups in total. The van der Waals surface area contributed by atoms with Gasteiger partial charge in [0.1, 0.15) is 0 Å². The Labute approximate surface area is 116 Å². The Kier molecular flexibility index (Phi) is 2.25. The SMILES string of the molecule is Cn1cc(C(=O)C2C3C4CCC(C4)C23)c(=O)n(C)c1=O. The largest absolute Gasteiger partial charge is 0.330 e. The Morgan fingerprint density at radius 3 is 2.35 bits per heavy atom. The zero-order chi connectivity index (χ0) is 14.2. The van der Waals surface area contributed by atoms with Crippen LogP contribution in [0.5, 0.6) is 0 Å². The third-order valence-corrected chi connectivity index (χ3v) is 5.75. The van der Waals surface area contributed by atoms with Crippen molar-refractivity contribution in [1.82, 2.24) is 9.13 Å². The first kappa shape index (κ1) is 12.1. The number of carbonyl (C=O) groups is 1. The van der Waals surface area contributed by atoms with Gasteiger partial charge in [-0.15, -0.1) is 0 Å². The minimum atomic E-state index is -0.449. The van der Waals surface area contributed by atoms with Crippen molar-refractivity contribution >= 4 is 5.78 Å². The summed E-state index contributed by atoms with van der Waals surface area (Å²) in [5.74, 6) is 2.45. The van der Waals surface area contributed by atoms with Crippen LogP contribution < -0.4 is 11.2 Å². The van der Waals surface area contributed by atoms with Gasteiger partial charge >= 0.3 is 5.69 Å². The number of hydrogen-bond acceptors (Lipinski definition) is 3. The van der Waals surface area contributed by atoms with Gasteiger partial charge in [-0.3, -0.25) is 14.2 Å². The Morgan fingerprint density at radius 2 is 1.75 bits per heavy atom. The van der Waals surface area contributed by atoms with E-state index in [1.807, 2.05) is 0 Å². The summed E-state index contributed by atoms with van der Waals surface area (Å²) in [5, 5.41) is 0. The number of aromatic nitrogens is 2. The average Bonchev–Trinajstić information content (AvgIpc) is 2.87. The molecule has 3 fully saturated rings. The van der Waals surface area contributed by atoms with Crippen molar-refractivity contribution in [1.29, 1.82) is 0 Å². The fraction of sp³-hybridized carbons (Fsp3) is 0.667. The highest BCUT2D eigenvalue weighted by atomic mass is 16.2. The third kappa shape index (κ3) is 1.35. The van der Waals surface area contributed by atoms with E-state index in [2.05, 4.69) is 0 Å². The van der Waals surface area contributed by atoms with Gasteiger partial charge in [0.05, 0.1) is 5.56 Å². The molecule has 5 heteroatoms. The highest BCUT2D eigenvalue weighted by Crippen LogP contribution is 2.69. The number of Topliss-reactive ketones (excluding diaryl/α,β-unsaturated/α-hetero) is 1. The summed E-state index contributed by atoms with van der Waals surface area (Å²) in [6.45, 7) is 0. The molecule has 1 heterocycles. The fourth-order valence-corrected chi connectivity index (χ4v) is 4.83. The number of ketones is 1. The molecule has 0 saturated heterocycles. The van der Waals surface area contributed by atoms with Crippen LogP contribution in [0.1, 0.15) is 29.6 Å². The van der Waals surface area contributed by atoms with Crippen LogP contribution in [-0.2, 0) is 14.1 Å². The lowest BCUT2D eigenvalue weighted by atomic mass is 9.97. The highest BCUT2D eigenvalue weighted by molar-refractivity contribution is 5.99. The average molecular weight is 274 g/mol. The topological polar surface area (TPSA) is 61.1 Å². The van der Waals surface area contributed by atoms with Crippen LogP contribution in [0.15, 0.2) is 15.8 Å². The van der Waals surface area contributed by atoms with E-state index in [1.165, 1.54) is 37.1 Å². The zero-order valence-corrected chi connectivity index (χ0v) is 11.7. The molecule has 4 rings (SSSR count). The van der Waals surface area contributed by atoms with Crippen molar-refractivity contribution < 1.29 is 4.79 Å². The van der Waals surface area contributed by atoms with Crippen molar-refractivity contribution in [2.24, 2.45) is 43.7 Å². The molecule has 20 heavy (non-hydrogen) atoms. The lowest BCUT2D eigenvalue weighted by Gasteiger charge is -2.09. The van der Waals surface area contributed by atoms with E-state index < -0.39 is 5.56 Å². The van der Waals surface area contributed by atoms with E-state index in [1.54, 1.807) is 7.05 Å². The van der Waals surface area contributed by atoms with Crippen LogP contribution in [0, 0.1) is 29.6 Å². The summed E-state index contributed by atoms with van der Waals surface area (Å²) >= 11 is 0. The molecule has 1 aromatic rings. The van der Waals surface area contributed by atoms with Gasteiger partial charge in [0.2, 0.25) is 0 Å². The number of nitrogens with zero attached hydrogens (tertiary/aromatic N) is 2. The predicted octanol–water partition coefficient (Wildman–Crippen LogP) is 0.559. The molecule has 0 aliphatic heterocycles. The first-order valence-electron chi connectivity index (χ1n) is 7.31. The van der Waals surface area contributed by atoms with Crippen molar-refractivity contribution in [3.63, 3.8) is 0 Å². The summed E-state index contributed by atoms with van der Waals surface area (Å²) in [6, 6.07) is 0. The van der Waals surface area contributed by atoms with E-state index in [0.29, 0.717) is 23.7 Å². The maximum absolute atomic E-state index is 12.6. The molecule has 3 saturated carbocycles. The molecule has 0 aromatic carbocycles. The second-order valence-corrected chi connectivity index (χ2v) is 6.68. The molecule has 106 valence electrons. The van der Waals surface area contributed by atoms with Gasteiger partial charge in [0.15, 0.2) is 5.78 Å². The highest BCUT2D eigenvalue weighted by Gasteiger charge is 2.67. The molecule has 2 bridgehead atoms. The van der Waals surface area contributed by atoms with E-state index in [0.717, 1.165) is 4.57 Å². The summed E-state index contributed by atoms with van der Waals surface area (Å²) in [6.07, 6.45) is 5.20. The van der Waals surface area contributed by atoms with Gasteiger partial charge in [-0.1, -0.05) is 0 Å². The van der Waals surface area contributed by atoms with E-state index in [4.69, 9.17) is 0 Å². The summed E-state index contributed by atoms with van der Waals surface area (Å²) in [4.78, 5) is 36.5. The van der Waals surface area contributed by atoms with E-state index in [-0.39, 0.29) is 23.0 Å². The lowest BCUT2D eigenvalue weighted by Crippen LogP contribution is -2.40. The molecule has 3 aliphatic rings. The van der Waals surface area contributed by atoms with Gasteiger partial charge < -0.3 is 4.57 Å². The zero-order valence-electron chi connectivity index (χ0n) is 11.7. The van der Waals surface area contributed by atoms with Gasteiger partial charge in [-0.05, 0) is 42.9 Å². The van der Waals surface area contributed by atoms with Gasteiger partial charge in [-0.2, -0.15) is 0 Å². The van der Waals surface area contributed by atoms with Gasteiger partial charge in [0.25, 0.3) is 5.56 Å². The second kappa shape index (κ2) is 3.71. The number of fused-ring (bicyclic) bond motifs is 5. The summed E-state index contributed by atoms with van der Waals surface area (Å²) in [7, 11) is 3.01. The molecule has 4 atom stereocenters. The van der Waals surface area contributed by atoms with E-state index >= 15 is 0 Å². The Morgan fingerprint density at radius 1 is 1.15 bits per heavy atom. The molecule has 3 aliphatic carbocycles. The fourth-order valence-electron chi connectivity index (χ4n) is 4.83. The molecular formula is C15H18N2O3. The van der Waals surface area contributed by atoms with Crippen LogP contribution >= 0.6 is 0 Å². The smallest absolute Gasteiger partial charge is 0.303 e. The first-order chi connectivity index (χ1) is 9.50. The number of carbonyl (C=O) groups excluding carboxylic acids is 1. The minimum Gasteiger partial charge on any atom is -0.303 e. The molecule has 1 aromatic heterocycles. The van der Waals surface area contributed by atoms with Gasteiger partial charge in [-0.25, -0.2) is 4.79 Å². The van der Waals surface area contributed by atoms with Gasteiger partial charge in [0, 0.05) is 26.2 Å². The molecule has 0 radical (unpaired) electrons. The molecule has 5 nitrogen and oxygen atoms in total. The van der Waals surface area contributed by atoms with Crippen molar-refractivity contribution in [3.8, 4) is 0 Å².